The molecule has 0 amide bonds. The molecule has 0 aliphatic rings. The highest BCUT2D eigenvalue weighted by Gasteiger charge is 2.26. The number of carboxylic acid groups (broad SMARTS) is 2. The van der Waals surface area contributed by atoms with Crippen LogP contribution in [0.5, 0.6) is 0 Å². The molecule has 6 heteroatoms. The Morgan fingerprint density at radius 1 is 1.10 bits per heavy atom. The molecule has 0 saturated carbocycles. The van der Waals surface area contributed by atoms with Crippen LogP contribution in [-0.4, -0.2) is 53.0 Å². The van der Waals surface area contributed by atoms with E-state index in [9.17, 15) is 19.8 Å². The fourth-order valence-corrected chi connectivity index (χ4v) is 2.11. The third kappa shape index (κ3) is 10.0. The summed E-state index contributed by atoms with van der Waals surface area (Å²) < 4.78 is 0.0817. The lowest BCUT2D eigenvalue weighted by atomic mass is 10.2. The summed E-state index contributed by atoms with van der Waals surface area (Å²) >= 11 is 0. The molecule has 0 rings (SSSR count). The molecule has 0 aromatic carbocycles. The zero-order chi connectivity index (χ0) is 16.1. The molecule has 21 heavy (non-hydrogen) atoms. The smallest absolute Gasteiger partial charge is 0.309 e. The summed E-state index contributed by atoms with van der Waals surface area (Å²) in [4.78, 5) is 21.3. The molecule has 0 aromatic heterocycles. The summed E-state index contributed by atoms with van der Waals surface area (Å²) in [5, 5.41) is 29.0. The Morgan fingerprint density at radius 2 is 1.71 bits per heavy atom. The first-order valence-corrected chi connectivity index (χ1v) is 7.48. The summed E-state index contributed by atoms with van der Waals surface area (Å²) in [6.07, 6.45) is 7.77. The van der Waals surface area contributed by atoms with Crippen molar-refractivity contribution in [3.05, 3.63) is 12.2 Å². The van der Waals surface area contributed by atoms with Crippen molar-refractivity contribution in [2.75, 3.05) is 26.4 Å². The average molecular weight is 301 g/mol. The van der Waals surface area contributed by atoms with Gasteiger partial charge in [-0.3, -0.25) is 4.79 Å². The minimum atomic E-state index is -1.18. The van der Waals surface area contributed by atoms with Crippen LogP contribution < -0.4 is 5.11 Å². The van der Waals surface area contributed by atoms with Gasteiger partial charge in [-0.1, -0.05) is 31.9 Å². The second kappa shape index (κ2) is 11.3. The topological polar surface area (TPSA) is 97.7 Å². The van der Waals surface area contributed by atoms with Gasteiger partial charge in [0.05, 0.1) is 26.1 Å². The van der Waals surface area contributed by atoms with Crippen LogP contribution in [0.15, 0.2) is 12.2 Å². The predicted octanol–water partition coefficient (Wildman–Crippen LogP) is 0.504. The number of hydrogen-bond acceptors (Lipinski definition) is 4. The van der Waals surface area contributed by atoms with E-state index in [-0.39, 0.29) is 37.1 Å². The number of rotatable bonds is 13. The van der Waals surface area contributed by atoms with Crippen LogP contribution in [0.1, 0.15) is 45.4 Å². The Bertz CT molecular complexity index is 323. The summed E-state index contributed by atoms with van der Waals surface area (Å²) in [5.74, 6) is -2.13. The van der Waals surface area contributed by atoms with Crippen molar-refractivity contribution in [3.63, 3.8) is 0 Å². The number of carbonyl (C=O) groups is 2. The quantitative estimate of drug-likeness (QED) is 0.223. The second-order valence-corrected chi connectivity index (χ2v) is 5.32. The Labute approximate surface area is 126 Å². The molecule has 6 nitrogen and oxygen atoms in total. The van der Waals surface area contributed by atoms with Crippen LogP contribution in [0, 0.1) is 0 Å². The first-order valence-electron chi connectivity index (χ1n) is 7.48. The van der Waals surface area contributed by atoms with Gasteiger partial charge in [-0.25, -0.2) is 0 Å². The number of unbranched alkanes of at least 4 members (excludes halogenated alkanes) is 2. The number of aliphatic hydroxyl groups is 1. The highest BCUT2D eigenvalue weighted by Crippen LogP contribution is 2.11. The molecule has 2 N–H and O–H groups in total. The van der Waals surface area contributed by atoms with Crippen molar-refractivity contribution in [2.45, 2.75) is 45.4 Å². The number of aliphatic hydroxyl groups excluding tert-OH is 1. The highest BCUT2D eigenvalue weighted by molar-refractivity contribution is 5.66. The van der Waals surface area contributed by atoms with Crippen molar-refractivity contribution in [2.24, 2.45) is 0 Å². The van der Waals surface area contributed by atoms with Gasteiger partial charge in [0.2, 0.25) is 0 Å². The van der Waals surface area contributed by atoms with E-state index in [0.29, 0.717) is 13.0 Å². The number of nitrogens with zero attached hydrogens (tertiary/aromatic N) is 1. The second-order valence-electron chi connectivity index (χ2n) is 5.32. The fourth-order valence-electron chi connectivity index (χ4n) is 2.11. The minimum Gasteiger partial charge on any atom is -0.550 e. The minimum absolute atomic E-state index is 0.0817. The molecular formula is C15H27NO5. The van der Waals surface area contributed by atoms with Crippen molar-refractivity contribution in [1.29, 1.82) is 0 Å². The first kappa shape index (κ1) is 19.6. The third-order valence-corrected chi connectivity index (χ3v) is 3.55. The van der Waals surface area contributed by atoms with Crippen LogP contribution in [0.4, 0.5) is 0 Å². The normalized spacial score (nSPS) is 14.2. The van der Waals surface area contributed by atoms with Crippen molar-refractivity contribution >= 4 is 11.9 Å². The molecular weight excluding hydrogens is 274 g/mol. The van der Waals surface area contributed by atoms with Gasteiger partial charge < -0.3 is 24.6 Å². The standard InChI is InChI=1S/C15H27NO5/c1-2-3-4-5-6-7-10-16(13-17,11-8-14(18)19)12-9-15(20)21/h5-6,17H,2-4,7-13H2,1H3,(H-,18,19,20,21)/b6-5+. The SMILES string of the molecule is CCCC/C=C/CC[N+](CO)(CCC(=O)[O-])CCC(=O)O. The predicted molar refractivity (Wildman–Crippen MR) is 77.1 cm³/mol. The van der Waals surface area contributed by atoms with E-state index in [4.69, 9.17) is 5.11 Å². The molecule has 1 unspecified atom stereocenters. The molecule has 0 bridgehead atoms. The third-order valence-electron chi connectivity index (χ3n) is 3.55. The van der Waals surface area contributed by atoms with Gasteiger partial charge >= 0.3 is 5.97 Å². The van der Waals surface area contributed by atoms with Crippen LogP contribution in [0.25, 0.3) is 0 Å². The Kier molecular flexibility index (Phi) is 10.5. The molecule has 0 radical (unpaired) electrons. The number of carboxylic acids is 2. The first-order chi connectivity index (χ1) is 9.95. The molecule has 0 spiro atoms. The molecule has 0 aliphatic carbocycles. The van der Waals surface area contributed by atoms with Crippen LogP contribution in [-0.2, 0) is 9.59 Å². The Hall–Kier alpha value is -1.40. The maximum Gasteiger partial charge on any atom is 0.309 e. The zero-order valence-electron chi connectivity index (χ0n) is 12.8. The van der Waals surface area contributed by atoms with E-state index in [1.165, 1.54) is 0 Å². The summed E-state index contributed by atoms with van der Waals surface area (Å²) in [5.41, 5.74) is 0. The van der Waals surface area contributed by atoms with E-state index in [1.807, 2.05) is 6.08 Å². The van der Waals surface area contributed by atoms with Gasteiger partial charge in [-0.05, 0) is 6.42 Å². The van der Waals surface area contributed by atoms with Gasteiger partial charge in [0.25, 0.3) is 0 Å². The average Bonchev–Trinajstić information content (AvgIpc) is 2.45. The van der Waals surface area contributed by atoms with Gasteiger partial charge in [0.15, 0.2) is 6.73 Å². The number of aliphatic carboxylic acids is 2. The van der Waals surface area contributed by atoms with Crippen molar-refractivity contribution in [3.8, 4) is 0 Å². The van der Waals surface area contributed by atoms with Crippen LogP contribution >= 0.6 is 0 Å². The van der Waals surface area contributed by atoms with E-state index in [1.54, 1.807) is 0 Å². The lowest BCUT2D eigenvalue weighted by molar-refractivity contribution is -0.944. The lowest BCUT2D eigenvalue weighted by Gasteiger charge is -2.36. The van der Waals surface area contributed by atoms with Gasteiger partial charge in [0.1, 0.15) is 0 Å². The van der Waals surface area contributed by atoms with E-state index in [0.717, 1.165) is 19.3 Å². The maximum absolute atomic E-state index is 10.7. The molecule has 0 heterocycles. The number of hydrogen-bond donors (Lipinski definition) is 2. The molecule has 0 fully saturated rings. The number of allylic oxidation sites excluding steroid dienone is 1. The van der Waals surface area contributed by atoms with Crippen molar-refractivity contribution < 1.29 is 29.4 Å². The van der Waals surface area contributed by atoms with Gasteiger partial charge in [-0.15, -0.1) is 0 Å². The van der Waals surface area contributed by atoms with Crippen molar-refractivity contribution in [1.82, 2.24) is 0 Å². The Balaban J connectivity index is 4.48. The van der Waals surface area contributed by atoms with Gasteiger partial charge in [0, 0.05) is 18.8 Å². The monoisotopic (exact) mass is 301 g/mol. The zero-order valence-corrected chi connectivity index (χ0v) is 12.8. The highest BCUT2D eigenvalue weighted by atomic mass is 16.4. The largest absolute Gasteiger partial charge is 0.550 e. The van der Waals surface area contributed by atoms with Gasteiger partial charge in [-0.2, -0.15) is 0 Å². The molecule has 0 aliphatic heterocycles. The van der Waals surface area contributed by atoms with E-state index < -0.39 is 11.9 Å². The molecule has 1 atom stereocenters. The summed E-state index contributed by atoms with van der Waals surface area (Å²) in [6, 6.07) is 0. The number of carbonyl (C=O) groups excluding carboxylic acids is 1. The molecule has 0 aromatic rings. The summed E-state index contributed by atoms with van der Waals surface area (Å²) in [6.45, 7) is 2.80. The molecule has 0 saturated heterocycles. The van der Waals surface area contributed by atoms with Crippen LogP contribution in [0.2, 0.25) is 0 Å². The van der Waals surface area contributed by atoms with Crippen LogP contribution in [0.3, 0.4) is 0 Å². The van der Waals surface area contributed by atoms with E-state index in [2.05, 4.69) is 13.0 Å². The summed E-state index contributed by atoms with van der Waals surface area (Å²) in [7, 11) is 0. The Morgan fingerprint density at radius 3 is 2.24 bits per heavy atom. The van der Waals surface area contributed by atoms with E-state index >= 15 is 0 Å². The maximum atomic E-state index is 10.7. The number of quaternary nitrogens is 1. The molecule has 122 valence electrons. The fraction of sp³-hybridized carbons (Fsp3) is 0.733. The lowest BCUT2D eigenvalue weighted by Crippen LogP contribution is -2.52.